The summed E-state index contributed by atoms with van der Waals surface area (Å²) in [5, 5.41) is 23.6. The van der Waals surface area contributed by atoms with Gasteiger partial charge in [-0.1, -0.05) is 65.8 Å². The summed E-state index contributed by atoms with van der Waals surface area (Å²) in [5.74, 6) is -0.429. The second kappa shape index (κ2) is 16.9. The number of carbonyl (C=O) groups excluding carboxylic acids is 4. The first kappa shape index (κ1) is 37.5. The van der Waals surface area contributed by atoms with Crippen molar-refractivity contribution in [1.82, 2.24) is 20.2 Å². The monoisotopic (exact) mass is 680 g/mol. The fourth-order valence-electron chi connectivity index (χ4n) is 6.24. The Bertz CT molecular complexity index is 1430. The van der Waals surface area contributed by atoms with E-state index in [1.165, 1.54) is 21.9 Å². The maximum atomic E-state index is 14.6. The van der Waals surface area contributed by atoms with Crippen molar-refractivity contribution in [1.29, 1.82) is 0 Å². The third-order valence-electron chi connectivity index (χ3n) is 8.80. The van der Waals surface area contributed by atoms with Gasteiger partial charge in [0.2, 0.25) is 11.8 Å². The van der Waals surface area contributed by atoms with E-state index < -0.39 is 42.3 Å². The lowest BCUT2D eigenvalue weighted by Gasteiger charge is -2.53. The molecule has 2 aliphatic heterocycles. The number of amides is 4. The van der Waals surface area contributed by atoms with Crippen LogP contribution in [-0.2, 0) is 36.8 Å². The summed E-state index contributed by atoms with van der Waals surface area (Å²) in [4.78, 5) is 65.4. The molecule has 2 aliphatic rings. The number of rotatable bonds is 14. The van der Waals surface area contributed by atoms with Gasteiger partial charge in [0.25, 0.3) is 5.91 Å². The minimum Gasteiger partial charge on any atom is -0.508 e. The number of phenols is 2. The Hall–Kier alpha value is -4.32. The van der Waals surface area contributed by atoms with Crippen LogP contribution in [0.2, 0.25) is 0 Å². The third-order valence-corrected chi connectivity index (χ3v) is 8.80. The van der Waals surface area contributed by atoms with E-state index in [9.17, 15) is 29.4 Å². The molecular formula is C37H52N4O8. The Balaban J connectivity index is 1.70. The molecule has 0 spiro atoms. The van der Waals surface area contributed by atoms with E-state index in [4.69, 9.17) is 9.57 Å². The first-order valence-corrected chi connectivity index (χ1v) is 17.3. The Morgan fingerprint density at radius 3 is 2.06 bits per heavy atom. The van der Waals surface area contributed by atoms with E-state index in [-0.39, 0.29) is 48.8 Å². The molecule has 4 atom stereocenters. The summed E-state index contributed by atoms with van der Waals surface area (Å²) in [5.41, 5.74) is 1.55. The van der Waals surface area contributed by atoms with E-state index in [1.54, 1.807) is 36.4 Å². The maximum Gasteiger partial charge on any atom is 0.436 e. The molecule has 4 rings (SSSR count). The topological polar surface area (TPSA) is 149 Å². The van der Waals surface area contributed by atoms with Crippen LogP contribution in [0.4, 0.5) is 4.79 Å². The van der Waals surface area contributed by atoms with E-state index in [0.717, 1.165) is 17.0 Å². The number of benzene rings is 2. The molecule has 0 radical (unpaired) electrons. The fraction of sp³-hybridized carbons (Fsp3) is 0.568. The van der Waals surface area contributed by atoms with E-state index in [0.29, 0.717) is 37.3 Å². The average Bonchev–Trinajstić information content (AvgIpc) is 3.03. The van der Waals surface area contributed by atoms with Crippen molar-refractivity contribution in [2.45, 2.75) is 98.0 Å². The van der Waals surface area contributed by atoms with Gasteiger partial charge in [0.15, 0.2) is 12.3 Å². The molecule has 0 bridgehead atoms. The van der Waals surface area contributed by atoms with Crippen molar-refractivity contribution in [2.24, 2.45) is 17.8 Å². The van der Waals surface area contributed by atoms with Gasteiger partial charge in [0, 0.05) is 19.4 Å². The first-order valence-electron chi connectivity index (χ1n) is 17.3. The Kier molecular flexibility index (Phi) is 12.9. The first-order chi connectivity index (χ1) is 23.2. The normalized spacial score (nSPS) is 20.2. The highest BCUT2D eigenvalue weighted by Gasteiger charge is 2.55. The summed E-state index contributed by atoms with van der Waals surface area (Å²) in [6.07, 6.45) is -0.977. The van der Waals surface area contributed by atoms with Gasteiger partial charge in [0.05, 0.1) is 13.2 Å². The average molecular weight is 681 g/mol. The highest BCUT2D eigenvalue weighted by Crippen LogP contribution is 2.33. The van der Waals surface area contributed by atoms with Crippen molar-refractivity contribution in [3.8, 4) is 11.5 Å². The van der Waals surface area contributed by atoms with Gasteiger partial charge < -0.3 is 30.1 Å². The molecule has 0 aromatic heterocycles. The van der Waals surface area contributed by atoms with Crippen LogP contribution in [-0.4, -0.2) is 92.9 Å². The number of aromatic hydroxyl groups is 2. The third kappa shape index (κ3) is 9.87. The Morgan fingerprint density at radius 2 is 1.49 bits per heavy atom. The quantitative estimate of drug-likeness (QED) is 0.262. The van der Waals surface area contributed by atoms with Crippen molar-refractivity contribution in [2.75, 3.05) is 19.7 Å². The van der Waals surface area contributed by atoms with Gasteiger partial charge >= 0.3 is 6.09 Å². The van der Waals surface area contributed by atoms with Crippen LogP contribution >= 0.6 is 0 Å². The smallest absolute Gasteiger partial charge is 0.436 e. The Labute approximate surface area is 289 Å². The van der Waals surface area contributed by atoms with E-state index in [2.05, 4.69) is 19.2 Å². The van der Waals surface area contributed by atoms with Crippen LogP contribution in [0.5, 0.6) is 11.5 Å². The predicted molar refractivity (Wildman–Crippen MR) is 183 cm³/mol. The zero-order valence-corrected chi connectivity index (χ0v) is 29.5. The lowest BCUT2D eigenvalue weighted by atomic mass is 9.93. The number of nitrogens with zero attached hydrogens (tertiary/aromatic N) is 3. The minimum atomic E-state index is -1.06. The van der Waals surface area contributed by atoms with Gasteiger partial charge in [-0.15, -0.1) is 0 Å². The van der Waals surface area contributed by atoms with Gasteiger partial charge in [-0.3, -0.25) is 19.2 Å². The molecule has 1 unspecified atom stereocenters. The largest absolute Gasteiger partial charge is 0.508 e. The second-order valence-electron chi connectivity index (χ2n) is 14.3. The number of phenolic OH excluding ortho intramolecular Hbond substituents is 2. The lowest BCUT2D eigenvalue weighted by molar-refractivity contribution is -0.269. The molecular weight excluding hydrogens is 628 g/mol. The van der Waals surface area contributed by atoms with E-state index >= 15 is 0 Å². The molecule has 268 valence electrons. The van der Waals surface area contributed by atoms with Crippen molar-refractivity contribution < 1.29 is 39.0 Å². The lowest BCUT2D eigenvalue weighted by Crippen LogP contribution is -2.75. The van der Waals surface area contributed by atoms with Gasteiger partial charge in [-0.2, -0.15) is 5.06 Å². The molecule has 2 fully saturated rings. The number of hydrogen-bond donors (Lipinski definition) is 3. The summed E-state index contributed by atoms with van der Waals surface area (Å²) < 4.78 is 5.68. The summed E-state index contributed by atoms with van der Waals surface area (Å²) in [7, 11) is 0. The number of ether oxygens (including phenoxy) is 1. The fourth-order valence-corrected chi connectivity index (χ4v) is 6.24. The molecule has 2 heterocycles. The van der Waals surface area contributed by atoms with Crippen molar-refractivity contribution >= 4 is 23.8 Å². The van der Waals surface area contributed by atoms with Crippen LogP contribution in [0.3, 0.4) is 0 Å². The van der Waals surface area contributed by atoms with Gasteiger partial charge in [-0.25, -0.2) is 4.79 Å². The van der Waals surface area contributed by atoms with E-state index in [1.807, 2.05) is 27.7 Å². The van der Waals surface area contributed by atoms with Crippen molar-refractivity contribution in [3.05, 3.63) is 59.7 Å². The van der Waals surface area contributed by atoms with Crippen LogP contribution in [0.15, 0.2) is 48.5 Å². The number of hydrogen-bond acceptors (Lipinski definition) is 8. The number of nitrogens with one attached hydrogen (secondary N) is 1. The van der Waals surface area contributed by atoms with Crippen LogP contribution < -0.4 is 5.32 Å². The van der Waals surface area contributed by atoms with Crippen LogP contribution in [0.1, 0.15) is 71.9 Å². The minimum absolute atomic E-state index is 0.00674. The Morgan fingerprint density at radius 1 is 0.878 bits per heavy atom. The maximum absolute atomic E-state index is 14.6. The molecule has 49 heavy (non-hydrogen) atoms. The zero-order chi connectivity index (χ0) is 35.8. The number of fused-ring (bicyclic) bond motifs is 1. The number of piperazine rings is 1. The second-order valence-corrected chi connectivity index (χ2v) is 14.3. The highest BCUT2D eigenvalue weighted by atomic mass is 16.7. The number of hydroxylamine groups is 2. The molecule has 12 heteroatoms. The zero-order valence-electron chi connectivity index (χ0n) is 29.5. The molecule has 3 N–H and O–H groups in total. The predicted octanol–water partition coefficient (Wildman–Crippen LogP) is 4.62. The standard InChI is InChI=1S/C37H52N4O8/c1-23(2)15-17-38-34(44)30(19-24(3)4)39-22-33-40(31(35(39)45)21-27-9-13-29(43)14-10-27)36(46)32(20-25(5)6)49-41(33)37(47)48-18-16-26-7-11-28(42)12-8-26/h7-14,23-25,30-33,42-43H,15-22H2,1-6H3,(H,38,44)/t30-,31-,32+,33?/m0/s1. The molecule has 4 amide bonds. The SMILES string of the molecule is CC(C)CCNC(=O)[C@H](CC(C)C)N1CC2N(C(=O)OCCc3ccc(O)cc3)O[C@H](CC(C)C)C(=O)N2[C@@H](Cc2ccc(O)cc2)C1=O. The molecule has 0 saturated carbocycles. The molecule has 2 aromatic carbocycles. The van der Waals surface area contributed by atoms with Crippen LogP contribution in [0, 0.1) is 17.8 Å². The summed E-state index contributed by atoms with van der Waals surface area (Å²) in [6, 6.07) is 11.1. The highest BCUT2D eigenvalue weighted by molar-refractivity contribution is 5.95. The summed E-state index contributed by atoms with van der Waals surface area (Å²) in [6.45, 7) is 12.3. The molecule has 2 saturated heterocycles. The summed E-state index contributed by atoms with van der Waals surface area (Å²) >= 11 is 0. The van der Waals surface area contributed by atoms with Gasteiger partial charge in [-0.05, 0) is 72.4 Å². The molecule has 12 nitrogen and oxygen atoms in total. The van der Waals surface area contributed by atoms with Crippen molar-refractivity contribution in [3.63, 3.8) is 0 Å². The molecule has 2 aromatic rings. The molecule has 0 aliphatic carbocycles. The van der Waals surface area contributed by atoms with Gasteiger partial charge in [0.1, 0.15) is 23.6 Å². The van der Waals surface area contributed by atoms with Crippen LogP contribution in [0.25, 0.3) is 0 Å². The number of carbonyl (C=O) groups is 4.